The van der Waals surface area contributed by atoms with Gasteiger partial charge in [0.1, 0.15) is 5.58 Å². The van der Waals surface area contributed by atoms with Crippen LogP contribution in [0.25, 0.3) is 11.0 Å². The lowest BCUT2D eigenvalue weighted by molar-refractivity contribution is 0.0926. The van der Waals surface area contributed by atoms with Crippen molar-refractivity contribution in [2.45, 2.75) is 20.3 Å². The van der Waals surface area contributed by atoms with Gasteiger partial charge in [-0.25, -0.2) is 0 Å². The monoisotopic (exact) mass is 274 g/mol. The number of hydrogen-bond donors (Lipinski definition) is 1. The van der Waals surface area contributed by atoms with Gasteiger partial charge < -0.3 is 14.6 Å². The molecular formula is C16H22N2O2. The van der Waals surface area contributed by atoms with Crippen LogP contribution in [-0.4, -0.2) is 37.0 Å². The Labute approximate surface area is 119 Å². The van der Waals surface area contributed by atoms with Crippen LogP contribution in [0.15, 0.2) is 34.7 Å². The Hall–Kier alpha value is -1.81. The third-order valence-electron chi connectivity index (χ3n) is 3.48. The van der Waals surface area contributed by atoms with E-state index >= 15 is 0 Å². The Balaban J connectivity index is 1.83. The van der Waals surface area contributed by atoms with Gasteiger partial charge in [0.15, 0.2) is 5.76 Å². The molecule has 0 atom stereocenters. The molecule has 4 nitrogen and oxygen atoms in total. The van der Waals surface area contributed by atoms with Crippen molar-refractivity contribution >= 4 is 16.9 Å². The van der Waals surface area contributed by atoms with Crippen LogP contribution in [0.2, 0.25) is 0 Å². The summed E-state index contributed by atoms with van der Waals surface area (Å²) in [7, 11) is 0. The lowest BCUT2D eigenvalue weighted by atomic mass is 10.2. The van der Waals surface area contributed by atoms with Crippen LogP contribution in [0.1, 0.15) is 30.8 Å². The van der Waals surface area contributed by atoms with Crippen molar-refractivity contribution in [1.29, 1.82) is 0 Å². The summed E-state index contributed by atoms with van der Waals surface area (Å²) in [5.74, 6) is 0.245. The average molecular weight is 274 g/mol. The van der Waals surface area contributed by atoms with Crippen LogP contribution in [0.4, 0.5) is 0 Å². The van der Waals surface area contributed by atoms with Crippen LogP contribution in [0.3, 0.4) is 0 Å². The zero-order valence-electron chi connectivity index (χ0n) is 12.2. The highest BCUT2D eigenvalue weighted by atomic mass is 16.3. The number of amides is 1. The summed E-state index contributed by atoms with van der Waals surface area (Å²) in [6.45, 7) is 8.08. The van der Waals surface area contributed by atoms with Crippen molar-refractivity contribution in [3.8, 4) is 0 Å². The number of para-hydroxylation sites is 1. The third kappa shape index (κ3) is 3.61. The Morgan fingerprint density at radius 1 is 1.25 bits per heavy atom. The SMILES string of the molecule is CCN(CC)CCCNC(=O)c1cc2ccccc2o1. The van der Waals surface area contributed by atoms with E-state index < -0.39 is 0 Å². The van der Waals surface area contributed by atoms with Crippen LogP contribution in [0, 0.1) is 0 Å². The van der Waals surface area contributed by atoms with E-state index in [9.17, 15) is 4.79 Å². The summed E-state index contributed by atoms with van der Waals surface area (Å²) in [6, 6.07) is 9.43. The zero-order valence-corrected chi connectivity index (χ0v) is 12.2. The van der Waals surface area contributed by atoms with Gasteiger partial charge in [-0.1, -0.05) is 32.0 Å². The summed E-state index contributed by atoms with van der Waals surface area (Å²) in [5, 5.41) is 3.86. The number of benzene rings is 1. The predicted octanol–water partition coefficient (Wildman–Crippen LogP) is 2.89. The molecule has 0 saturated heterocycles. The van der Waals surface area contributed by atoms with E-state index in [4.69, 9.17) is 4.42 Å². The van der Waals surface area contributed by atoms with E-state index in [2.05, 4.69) is 24.1 Å². The number of hydrogen-bond acceptors (Lipinski definition) is 3. The van der Waals surface area contributed by atoms with E-state index in [1.54, 1.807) is 6.07 Å². The topological polar surface area (TPSA) is 45.5 Å². The van der Waals surface area contributed by atoms with E-state index in [0.29, 0.717) is 12.3 Å². The highest BCUT2D eigenvalue weighted by Crippen LogP contribution is 2.18. The molecule has 0 bridgehead atoms. The third-order valence-corrected chi connectivity index (χ3v) is 3.48. The van der Waals surface area contributed by atoms with Gasteiger partial charge in [0, 0.05) is 11.9 Å². The van der Waals surface area contributed by atoms with Crippen molar-refractivity contribution in [3.05, 3.63) is 36.1 Å². The number of nitrogens with zero attached hydrogens (tertiary/aromatic N) is 1. The van der Waals surface area contributed by atoms with Crippen molar-refractivity contribution < 1.29 is 9.21 Å². The normalized spacial score (nSPS) is 11.2. The lowest BCUT2D eigenvalue weighted by Gasteiger charge is -2.17. The van der Waals surface area contributed by atoms with Gasteiger partial charge in [-0.2, -0.15) is 0 Å². The first-order valence-corrected chi connectivity index (χ1v) is 7.23. The smallest absolute Gasteiger partial charge is 0.287 e. The minimum Gasteiger partial charge on any atom is -0.451 e. The molecule has 0 aliphatic carbocycles. The molecule has 4 heteroatoms. The average Bonchev–Trinajstić information content (AvgIpc) is 2.91. The molecule has 0 spiro atoms. The lowest BCUT2D eigenvalue weighted by Crippen LogP contribution is -2.29. The van der Waals surface area contributed by atoms with Gasteiger partial charge >= 0.3 is 0 Å². The number of furan rings is 1. The summed E-state index contributed by atoms with van der Waals surface area (Å²) < 4.78 is 5.53. The maximum Gasteiger partial charge on any atom is 0.287 e. The van der Waals surface area contributed by atoms with Crippen LogP contribution in [-0.2, 0) is 0 Å². The number of carbonyl (C=O) groups excluding carboxylic acids is 1. The summed E-state index contributed by atoms with van der Waals surface area (Å²) in [5.41, 5.74) is 0.751. The molecule has 0 radical (unpaired) electrons. The Bertz CT molecular complexity index is 525. The van der Waals surface area contributed by atoms with Crippen LogP contribution < -0.4 is 5.32 Å². The highest BCUT2D eigenvalue weighted by molar-refractivity contribution is 5.95. The molecule has 1 N–H and O–H groups in total. The van der Waals surface area contributed by atoms with Gasteiger partial charge in [-0.05, 0) is 38.2 Å². The second kappa shape index (κ2) is 7.10. The Morgan fingerprint density at radius 3 is 2.70 bits per heavy atom. The fraction of sp³-hybridized carbons (Fsp3) is 0.438. The first-order chi connectivity index (χ1) is 9.74. The summed E-state index contributed by atoms with van der Waals surface area (Å²) in [6.07, 6.45) is 0.952. The van der Waals surface area contributed by atoms with Gasteiger partial charge in [0.05, 0.1) is 0 Å². The fourth-order valence-corrected chi connectivity index (χ4v) is 2.23. The van der Waals surface area contributed by atoms with Crippen LogP contribution in [0.5, 0.6) is 0 Å². The predicted molar refractivity (Wildman–Crippen MR) is 81.0 cm³/mol. The van der Waals surface area contributed by atoms with Gasteiger partial charge in [-0.3, -0.25) is 4.79 Å². The fourth-order valence-electron chi connectivity index (χ4n) is 2.23. The molecule has 20 heavy (non-hydrogen) atoms. The van der Waals surface area contributed by atoms with Crippen LogP contribution >= 0.6 is 0 Å². The second-order valence-corrected chi connectivity index (χ2v) is 4.78. The maximum absolute atomic E-state index is 12.0. The molecule has 0 fully saturated rings. The molecule has 1 aromatic heterocycles. The summed E-state index contributed by atoms with van der Waals surface area (Å²) >= 11 is 0. The molecular weight excluding hydrogens is 252 g/mol. The number of rotatable bonds is 7. The molecule has 2 rings (SSSR count). The number of fused-ring (bicyclic) bond motifs is 1. The summed E-state index contributed by atoms with van der Waals surface area (Å²) in [4.78, 5) is 14.3. The van der Waals surface area contributed by atoms with Gasteiger partial charge in [-0.15, -0.1) is 0 Å². The van der Waals surface area contributed by atoms with Crippen molar-refractivity contribution in [1.82, 2.24) is 10.2 Å². The molecule has 2 aromatic rings. The number of carbonyl (C=O) groups is 1. The van der Waals surface area contributed by atoms with E-state index in [1.807, 2.05) is 24.3 Å². The zero-order chi connectivity index (χ0) is 14.4. The van der Waals surface area contributed by atoms with Gasteiger partial charge in [0.2, 0.25) is 0 Å². The number of nitrogens with one attached hydrogen (secondary N) is 1. The largest absolute Gasteiger partial charge is 0.451 e. The van der Waals surface area contributed by atoms with E-state index in [0.717, 1.165) is 37.0 Å². The van der Waals surface area contributed by atoms with Gasteiger partial charge in [0.25, 0.3) is 5.91 Å². The molecule has 1 heterocycles. The quantitative estimate of drug-likeness (QED) is 0.790. The van der Waals surface area contributed by atoms with Crippen molar-refractivity contribution in [2.75, 3.05) is 26.2 Å². The first kappa shape index (κ1) is 14.6. The molecule has 0 aliphatic heterocycles. The minimum absolute atomic E-state index is 0.138. The van der Waals surface area contributed by atoms with Crippen molar-refractivity contribution in [3.63, 3.8) is 0 Å². The van der Waals surface area contributed by atoms with E-state index in [-0.39, 0.29) is 5.91 Å². The Kier molecular flexibility index (Phi) is 5.18. The second-order valence-electron chi connectivity index (χ2n) is 4.78. The molecule has 0 unspecified atom stereocenters. The molecule has 108 valence electrons. The van der Waals surface area contributed by atoms with E-state index in [1.165, 1.54) is 0 Å². The molecule has 0 saturated carbocycles. The maximum atomic E-state index is 12.0. The molecule has 0 aliphatic rings. The standard InChI is InChI=1S/C16H22N2O2/c1-3-18(4-2)11-7-10-17-16(19)15-12-13-8-5-6-9-14(13)20-15/h5-6,8-9,12H,3-4,7,10-11H2,1-2H3,(H,17,19). The Morgan fingerprint density at radius 2 is 2.00 bits per heavy atom. The van der Waals surface area contributed by atoms with Crippen molar-refractivity contribution in [2.24, 2.45) is 0 Å². The molecule has 1 aromatic carbocycles. The highest BCUT2D eigenvalue weighted by Gasteiger charge is 2.11. The molecule has 1 amide bonds. The first-order valence-electron chi connectivity index (χ1n) is 7.23. The minimum atomic E-state index is -0.138.